The second-order valence-electron chi connectivity index (χ2n) is 9.39. The summed E-state index contributed by atoms with van der Waals surface area (Å²) in [5.41, 5.74) is 1.81. The van der Waals surface area contributed by atoms with Crippen LogP contribution in [0.3, 0.4) is 0 Å². The van der Waals surface area contributed by atoms with Gasteiger partial charge in [0.2, 0.25) is 15.9 Å². The molecule has 2 fully saturated rings. The first-order chi connectivity index (χ1) is 18.4. The van der Waals surface area contributed by atoms with Gasteiger partial charge in [-0.1, -0.05) is 6.42 Å². The minimum Gasteiger partial charge on any atom is -0.477 e. The molecule has 11 nitrogen and oxygen atoms in total. The summed E-state index contributed by atoms with van der Waals surface area (Å²) < 4.78 is 33.0. The van der Waals surface area contributed by atoms with Crippen LogP contribution in [0.4, 0.5) is 5.69 Å². The Labute approximate surface area is 225 Å². The number of rotatable bonds is 11. The molecule has 4 heterocycles. The van der Waals surface area contributed by atoms with E-state index in [1.54, 1.807) is 36.9 Å². The summed E-state index contributed by atoms with van der Waals surface area (Å²) in [7, 11) is -3.38. The third-order valence-corrected chi connectivity index (χ3v) is 9.45. The van der Waals surface area contributed by atoms with E-state index >= 15 is 0 Å². The number of thiazole rings is 1. The summed E-state index contributed by atoms with van der Waals surface area (Å²) in [5.74, 6) is -0.0132. The number of ether oxygens (including phenoxy) is 1. The monoisotopic (exact) mass is 557 g/mol. The predicted molar refractivity (Wildman–Crippen MR) is 145 cm³/mol. The van der Waals surface area contributed by atoms with Crippen molar-refractivity contribution in [1.29, 1.82) is 0 Å². The quantitative estimate of drug-likeness (QED) is 0.324. The largest absolute Gasteiger partial charge is 0.477 e. The zero-order valence-electron chi connectivity index (χ0n) is 21.1. The third-order valence-electron chi connectivity index (χ3n) is 6.56. The number of pyridine rings is 1. The molecule has 1 aliphatic heterocycles. The molecular formula is C25H31N7O4S2. The number of amides is 1. The summed E-state index contributed by atoms with van der Waals surface area (Å²) >= 11 is 1.23. The molecule has 1 saturated carbocycles. The van der Waals surface area contributed by atoms with Crippen LogP contribution in [0.5, 0.6) is 5.88 Å². The molecule has 0 radical (unpaired) electrons. The fourth-order valence-electron chi connectivity index (χ4n) is 4.48. The molecule has 0 unspecified atom stereocenters. The molecule has 3 N–H and O–H groups in total. The Kier molecular flexibility index (Phi) is 8.15. The van der Waals surface area contributed by atoms with Crippen LogP contribution in [-0.4, -0.2) is 65.2 Å². The van der Waals surface area contributed by atoms with Gasteiger partial charge in [0, 0.05) is 36.6 Å². The first-order valence-electron chi connectivity index (χ1n) is 12.8. The maximum Gasteiger partial charge on any atom is 0.280 e. The van der Waals surface area contributed by atoms with Gasteiger partial charge >= 0.3 is 0 Å². The standard InChI is InChI=1S/C25H31N7O4S2/c1-2-36-23-15-26-13-21(31-23)22-14-30-25(37-22)24(33)29-12-18(19-5-3-4-9-27-19)20-11-16(8-10-28-20)32-38(34,35)17-6-7-17/h8,10-11,13-15,17-19,27H,2-7,9,12H2,1H3,(H,28,32)(H,29,33)/t18-,19-/m1/s1. The maximum absolute atomic E-state index is 13.1. The van der Waals surface area contributed by atoms with Crippen molar-refractivity contribution in [3.05, 3.63) is 47.6 Å². The number of carbonyl (C=O) groups is 1. The predicted octanol–water partition coefficient (Wildman–Crippen LogP) is 2.95. The zero-order valence-corrected chi connectivity index (χ0v) is 22.7. The highest BCUT2D eigenvalue weighted by molar-refractivity contribution is 7.93. The topological polar surface area (TPSA) is 148 Å². The minimum atomic E-state index is -3.38. The van der Waals surface area contributed by atoms with E-state index in [9.17, 15) is 13.2 Å². The molecule has 1 aliphatic carbocycles. The molecule has 1 saturated heterocycles. The molecule has 1 amide bonds. The fourth-order valence-corrected chi connectivity index (χ4v) is 6.64. The van der Waals surface area contributed by atoms with Crippen molar-refractivity contribution in [2.75, 3.05) is 24.4 Å². The molecule has 3 aromatic heterocycles. The molecule has 38 heavy (non-hydrogen) atoms. The van der Waals surface area contributed by atoms with Gasteiger partial charge in [-0.15, -0.1) is 11.3 Å². The third kappa shape index (κ3) is 6.45. The van der Waals surface area contributed by atoms with Gasteiger partial charge in [0.1, 0.15) is 5.69 Å². The van der Waals surface area contributed by atoms with Crippen LogP contribution >= 0.6 is 11.3 Å². The van der Waals surface area contributed by atoms with E-state index in [0.29, 0.717) is 53.1 Å². The average Bonchev–Trinajstić information content (AvgIpc) is 3.68. The maximum atomic E-state index is 13.1. The van der Waals surface area contributed by atoms with Gasteiger partial charge in [0.25, 0.3) is 5.91 Å². The van der Waals surface area contributed by atoms with E-state index in [2.05, 4.69) is 35.3 Å². The van der Waals surface area contributed by atoms with E-state index < -0.39 is 10.0 Å². The molecule has 0 spiro atoms. The summed E-state index contributed by atoms with van der Waals surface area (Å²) in [5, 5.41) is 6.57. The van der Waals surface area contributed by atoms with Crippen molar-refractivity contribution >= 4 is 33.0 Å². The van der Waals surface area contributed by atoms with Crippen LogP contribution in [0, 0.1) is 0 Å². The van der Waals surface area contributed by atoms with E-state index in [1.807, 2.05) is 6.92 Å². The molecule has 2 atom stereocenters. The normalized spacial score (nSPS) is 18.5. The molecule has 2 aliphatic rings. The Bertz CT molecular complexity index is 1370. The first-order valence-corrected chi connectivity index (χ1v) is 15.2. The van der Waals surface area contributed by atoms with Crippen LogP contribution in [0.1, 0.15) is 60.4 Å². The lowest BCUT2D eigenvalue weighted by molar-refractivity contribution is 0.0948. The molecule has 13 heteroatoms. The van der Waals surface area contributed by atoms with Gasteiger partial charge in [-0.05, 0) is 51.3 Å². The highest BCUT2D eigenvalue weighted by Gasteiger charge is 2.36. The number of carbonyl (C=O) groups excluding carboxylic acids is 1. The molecule has 202 valence electrons. The van der Waals surface area contributed by atoms with Crippen molar-refractivity contribution in [1.82, 2.24) is 30.6 Å². The number of nitrogens with one attached hydrogen (secondary N) is 3. The molecule has 5 rings (SSSR count). The summed E-state index contributed by atoms with van der Waals surface area (Å²) in [4.78, 5) is 31.2. The second-order valence-corrected chi connectivity index (χ2v) is 12.4. The fraction of sp³-hybridized carbons (Fsp3) is 0.480. The van der Waals surface area contributed by atoms with E-state index in [4.69, 9.17) is 4.74 Å². The Morgan fingerprint density at radius 2 is 2.08 bits per heavy atom. The minimum absolute atomic E-state index is 0.107. The van der Waals surface area contributed by atoms with Crippen LogP contribution in [0.25, 0.3) is 10.6 Å². The van der Waals surface area contributed by atoms with Crippen LogP contribution in [-0.2, 0) is 10.0 Å². The number of sulfonamides is 1. The van der Waals surface area contributed by atoms with Crippen molar-refractivity contribution < 1.29 is 17.9 Å². The lowest BCUT2D eigenvalue weighted by Crippen LogP contribution is -2.43. The number of piperidine rings is 1. The van der Waals surface area contributed by atoms with Crippen LogP contribution in [0.2, 0.25) is 0 Å². The number of nitrogens with zero attached hydrogens (tertiary/aromatic N) is 4. The summed E-state index contributed by atoms with van der Waals surface area (Å²) in [6.45, 7) is 3.57. The van der Waals surface area contributed by atoms with Crippen molar-refractivity contribution in [3.63, 3.8) is 0 Å². The Balaban J connectivity index is 1.30. The highest BCUT2D eigenvalue weighted by Crippen LogP contribution is 2.31. The molecular weight excluding hydrogens is 526 g/mol. The number of hydrogen-bond acceptors (Lipinski definition) is 10. The van der Waals surface area contributed by atoms with Crippen molar-refractivity contribution in [2.24, 2.45) is 0 Å². The number of anilines is 1. The van der Waals surface area contributed by atoms with Gasteiger partial charge in [0.05, 0.1) is 34.8 Å². The lowest BCUT2D eigenvalue weighted by Gasteiger charge is -2.31. The Morgan fingerprint density at radius 3 is 2.84 bits per heavy atom. The van der Waals surface area contributed by atoms with Gasteiger partial charge in [-0.2, -0.15) is 0 Å². The zero-order chi connectivity index (χ0) is 26.5. The summed E-state index contributed by atoms with van der Waals surface area (Å²) in [6.07, 6.45) is 10.9. The van der Waals surface area contributed by atoms with E-state index in [1.165, 1.54) is 11.3 Å². The van der Waals surface area contributed by atoms with Crippen molar-refractivity contribution in [3.8, 4) is 16.5 Å². The van der Waals surface area contributed by atoms with Gasteiger partial charge in [-0.3, -0.25) is 19.5 Å². The van der Waals surface area contributed by atoms with E-state index in [0.717, 1.165) is 31.5 Å². The van der Waals surface area contributed by atoms with E-state index in [-0.39, 0.29) is 23.1 Å². The number of aromatic nitrogens is 4. The van der Waals surface area contributed by atoms with Gasteiger partial charge in [-0.25, -0.2) is 18.4 Å². The average molecular weight is 558 g/mol. The van der Waals surface area contributed by atoms with Crippen LogP contribution < -0.4 is 20.1 Å². The Morgan fingerprint density at radius 1 is 1.21 bits per heavy atom. The van der Waals surface area contributed by atoms with Crippen LogP contribution in [0.15, 0.2) is 36.9 Å². The Hall–Kier alpha value is -3.16. The number of hydrogen-bond donors (Lipinski definition) is 3. The lowest BCUT2D eigenvalue weighted by atomic mass is 9.89. The van der Waals surface area contributed by atoms with Gasteiger partial charge in [0.15, 0.2) is 5.01 Å². The molecule has 0 aromatic carbocycles. The molecule has 3 aromatic rings. The van der Waals surface area contributed by atoms with Gasteiger partial charge < -0.3 is 15.4 Å². The summed E-state index contributed by atoms with van der Waals surface area (Å²) in [6, 6.07) is 3.54. The molecule has 0 bridgehead atoms. The van der Waals surface area contributed by atoms with Crippen molar-refractivity contribution in [2.45, 2.75) is 56.2 Å². The smallest absolute Gasteiger partial charge is 0.280 e. The highest BCUT2D eigenvalue weighted by atomic mass is 32.2. The SMILES string of the molecule is CCOc1cncc(-c2cnc(C(=O)NC[C@@H](c3cc(NS(=O)(=O)C4CC4)ccn3)[C@H]3CCCCN3)s2)n1. The second kappa shape index (κ2) is 11.7. The first kappa shape index (κ1) is 26.4.